The maximum absolute atomic E-state index is 13.4. The summed E-state index contributed by atoms with van der Waals surface area (Å²) < 4.78 is 0. The van der Waals surface area contributed by atoms with Gasteiger partial charge >= 0.3 is 17.9 Å². The summed E-state index contributed by atoms with van der Waals surface area (Å²) in [4.78, 5) is 39.3. The Morgan fingerprint density at radius 2 is 0.919 bits per heavy atom. The molecule has 37 heavy (non-hydrogen) atoms. The molecule has 0 aromatic rings. The molecule has 0 aromatic heterocycles. The normalized spacial score (nSPS) is 19.7. The first-order chi connectivity index (χ1) is 16.5. The van der Waals surface area contributed by atoms with E-state index in [1.807, 2.05) is 83.1 Å². The zero-order valence-electron chi connectivity index (χ0n) is 25.6. The van der Waals surface area contributed by atoms with Crippen molar-refractivity contribution in [2.75, 3.05) is 0 Å². The fourth-order valence-electron chi connectivity index (χ4n) is 6.25. The molecule has 0 saturated heterocycles. The highest BCUT2D eigenvalue weighted by atomic mass is 16.4. The van der Waals surface area contributed by atoms with Crippen LogP contribution in [0.5, 0.6) is 0 Å². The molecule has 0 radical (unpaired) electrons. The quantitative estimate of drug-likeness (QED) is 0.191. The van der Waals surface area contributed by atoms with Gasteiger partial charge in [-0.15, -0.1) is 0 Å². The largest absolute Gasteiger partial charge is 0.481 e. The first kappa shape index (κ1) is 35.4. The van der Waals surface area contributed by atoms with Gasteiger partial charge in [0.25, 0.3) is 0 Å². The van der Waals surface area contributed by atoms with E-state index < -0.39 is 34.8 Å². The van der Waals surface area contributed by atoms with Gasteiger partial charge in [0.2, 0.25) is 0 Å². The lowest BCUT2D eigenvalue weighted by Gasteiger charge is -2.50. The van der Waals surface area contributed by atoms with Crippen molar-refractivity contribution in [1.29, 1.82) is 0 Å². The molecule has 5 atom stereocenters. The van der Waals surface area contributed by atoms with Crippen molar-refractivity contribution >= 4 is 17.9 Å². The van der Waals surface area contributed by atoms with Crippen molar-refractivity contribution in [3.63, 3.8) is 0 Å². The summed E-state index contributed by atoms with van der Waals surface area (Å²) in [5.41, 5.74) is -6.34. The number of hydrogen-bond donors (Lipinski definition) is 4. The Kier molecular flexibility index (Phi) is 11.9. The molecule has 0 aliphatic heterocycles. The van der Waals surface area contributed by atoms with Crippen LogP contribution in [0.3, 0.4) is 0 Å². The lowest BCUT2D eigenvalue weighted by atomic mass is 9.53. The molecular formula is C30H56O7. The molecule has 218 valence electrons. The van der Waals surface area contributed by atoms with Gasteiger partial charge in [-0.2, -0.15) is 0 Å². The summed E-state index contributed by atoms with van der Waals surface area (Å²) in [6.07, 6.45) is 1.31. The highest BCUT2D eigenvalue weighted by molar-refractivity contribution is 5.93. The van der Waals surface area contributed by atoms with Crippen LogP contribution in [0.1, 0.15) is 122 Å². The van der Waals surface area contributed by atoms with Gasteiger partial charge < -0.3 is 20.4 Å². The highest BCUT2D eigenvalue weighted by Crippen LogP contribution is 2.55. The van der Waals surface area contributed by atoms with E-state index in [1.165, 1.54) is 0 Å². The van der Waals surface area contributed by atoms with E-state index in [9.17, 15) is 34.8 Å². The monoisotopic (exact) mass is 528 g/mol. The third-order valence-corrected chi connectivity index (χ3v) is 9.13. The Morgan fingerprint density at radius 3 is 1.11 bits per heavy atom. The molecule has 0 rings (SSSR count). The summed E-state index contributed by atoms with van der Waals surface area (Å²) in [7, 11) is 0. The predicted molar refractivity (Wildman–Crippen MR) is 147 cm³/mol. The van der Waals surface area contributed by atoms with Gasteiger partial charge in [-0.05, 0) is 53.3 Å². The molecule has 0 fully saturated rings. The van der Waals surface area contributed by atoms with Crippen molar-refractivity contribution in [3.8, 4) is 0 Å². The van der Waals surface area contributed by atoms with Crippen molar-refractivity contribution in [2.45, 2.75) is 127 Å². The molecule has 0 aliphatic rings. The zero-order valence-corrected chi connectivity index (χ0v) is 25.6. The number of aliphatic hydroxyl groups is 1. The molecule has 4 N–H and O–H groups in total. The van der Waals surface area contributed by atoms with E-state index in [1.54, 1.807) is 0 Å². The van der Waals surface area contributed by atoms with Crippen LogP contribution in [0.4, 0.5) is 0 Å². The summed E-state index contributed by atoms with van der Waals surface area (Å²) in [6, 6.07) is 0. The van der Waals surface area contributed by atoms with E-state index in [0.717, 1.165) is 0 Å². The smallest absolute Gasteiger partial charge is 0.337 e. The number of carboxylic acid groups (broad SMARTS) is 3. The summed E-state index contributed by atoms with van der Waals surface area (Å²) in [5.74, 6) is -7.25. The van der Waals surface area contributed by atoms with Crippen LogP contribution in [-0.2, 0) is 14.4 Å². The minimum absolute atomic E-state index is 0.131. The van der Waals surface area contributed by atoms with Crippen molar-refractivity contribution in [1.82, 2.24) is 0 Å². The minimum atomic E-state index is -3.01. The average Bonchev–Trinajstić information content (AvgIpc) is 2.70. The van der Waals surface area contributed by atoms with E-state index in [0.29, 0.717) is 19.3 Å². The number of carboxylic acids is 3. The van der Waals surface area contributed by atoms with Gasteiger partial charge in [-0.25, -0.2) is 4.79 Å². The predicted octanol–water partition coefficient (Wildman–Crippen LogP) is 6.96. The van der Waals surface area contributed by atoms with Gasteiger partial charge in [0.15, 0.2) is 5.60 Å². The van der Waals surface area contributed by atoms with Gasteiger partial charge in [-0.1, -0.05) is 102 Å². The van der Waals surface area contributed by atoms with Crippen LogP contribution < -0.4 is 0 Å². The SMILES string of the molecule is CCC(CC(C(=O)O)C(O)(C(=O)O)C(CC(CC)C(C)(C)C)(CC(CC)C(C)(C)C)C(=O)O)C(C)(C)C. The maximum atomic E-state index is 13.4. The van der Waals surface area contributed by atoms with Crippen molar-refractivity contribution in [3.05, 3.63) is 0 Å². The molecule has 0 spiro atoms. The molecule has 0 amide bonds. The minimum Gasteiger partial charge on any atom is -0.481 e. The van der Waals surface area contributed by atoms with Crippen molar-refractivity contribution < 1.29 is 34.8 Å². The first-order valence-electron chi connectivity index (χ1n) is 13.9. The molecule has 7 heteroatoms. The second-order valence-electron chi connectivity index (χ2n) is 14.4. The Hall–Kier alpha value is -1.63. The third kappa shape index (κ3) is 7.93. The van der Waals surface area contributed by atoms with Crippen LogP contribution in [-0.4, -0.2) is 43.9 Å². The molecule has 0 saturated carbocycles. The molecule has 0 aliphatic carbocycles. The fourth-order valence-corrected chi connectivity index (χ4v) is 6.25. The van der Waals surface area contributed by atoms with Crippen LogP contribution >= 0.6 is 0 Å². The van der Waals surface area contributed by atoms with Gasteiger partial charge in [0.05, 0.1) is 5.92 Å². The van der Waals surface area contributed by atoms with Crippen LogP contribution in [0.25, 0.3) is 0 Å². The van der Waals surface area contributed by atoms with Gasteiger partial charge in [0.1, 0.15) is 5.41 Å². The molecule has 0 bridgehead atoms. The highest BCUT2D eigenvalue weighted by Gasteiger charge is 2.68. The van der Waals surface area contributed by atoms with E-state index >= 15 is 0 Å². The summed E-state index contributed by atoms with van der Waals surface area (Å²) in [5, 5.41) is 44.2. The fraction of sp³-hybridized carbons (Fsp3) is 0.900. The van der Waals surface area contributed by atoms with Crippen LogP contribution in [0, 0.1) is 45.3 Å². The standard InChI is InChI=1S/C30H56O7/c1-13-19(26(4,5)6)16-22(23(31)32)30(37,25(35)36)29(24(33)34,17-20(14-2)27(7,8)9)18-21(15-3)28(10,11)12/h19-22,37H,13-18H2,1-12H3,(H,31,32)(H,33,34)(H,35,36). The Balaban J connectivity index is 7.61. The van der Waals surface area contributed by atoms with Gasteiger partial charge in [-0.3, -0.25) is 9.59 Å². The molecule has 7 nitrogen and oxygen atoms in total. The number of rotatable bonds is 14. The first-order valence-corrected chi connectivity index (χ1v) is 13.9. The molecular weight excluding hydrogens is 472 g/mol. The Morgan fingerprint density at radius 1 is 0.595 bits per heavy atom. The molecule has 0 heterocycles. The summed E-state index contributed by atoms with van der Waals surface area (Å²) >= 11 is 0. The Labute approximate surface area is 225 Å². The maximum Gasteiger partial charge on any atom is 0.337 e. The second kappa shape index (κ2) is 12.5. The third-order valence-electron chi connectivity index (χ3n) is 9.13. The lowest BCUT2D eigenvalue weighted by molar-refractivity contribution is -0.214. The van der Waals surface area contributed by atoms with E-state index in [2.05, 4.69) is 0 Å². The number of aliphatic carboxylic acids is 3. The lowest BCUT2D eigenvalue weighted by Crippen LogP contribution is -2.66. The average molecular weight is 529 g/mol. The van der Waals surface area contributed by atoms with Crippen LogP contribution in [0.2, 0.25) is 0 Å². The molecule has 5 unspecified atom stereocenters. The zero-order chi connectivity index (χ0) is 29.8. The van der Waals surface area contributed by atoms with Crippen LogP contribution in [0.15, 0.2) is 0 Å². The van der Waals surface area contributed by atoms with Crippen molar-refractivity contribution in [2.24, 2.45) is 45.3 Å². The van der Waals surface area contributed by atoms with E-state index in [-0.39, 0.29) is 53.3 Å². The van der Waals surface area contributed by atoms with Gasteiger partial charge in [0, 0.05) is 0 Å². The second-order valence-corrected chi connectivity index (χ2v) is 14.4. The Bertz CT molecular complexity index is 757. The van der Waals surface area contributed by atoms with E-state index in [4.69, 9.17) is 0 Å². The topological polar surface area (TPSA) is 132 Å². The number of carbonyl (C=O) groups is 3. The number of hydrogen-bond acceptors (Lipinski definition) is 4. The molecule has 0 aromatic carbocycles. The summed E-state index contributed by atoms with van der Waals surface area (Å²) in [6.45, 7) is 23.4.